The van der Waals surface area contributed by atoms with E-state index in [-0.39, 0.29) is 31.3 Å². The Balaban J connectivity index is 1.56. The van der Waals surface area contributed by atoms with Crippen LogP contribution in [-0.4, -0.2) is 54.3 Å². The molecule has 3 N–H and O–H groups in total. The molecule has 2 aromatic rings. The Morgan fingerprint density at radius 3 is 2.62 bits per heavy atom. The van der Waals surface area contributed by atoms with Crippen LogP contribution in [0.4, 0.5) is 21.9 Å². The van der Waals surface area contributed by atoms with Crippen LogP contribution in [0.5, 0.6) is 0 Å². The third-order valence-corrected chi connectivity index (χ3v) is 5.65. The largest absolute Gasteiger partial charge is 0.348 e. The van der Waals surface area contributed by atoms with Gasteiger partial charge in [0.25, 0.3) is 0 Å². The van der Waals surface area contributed by atoms with Crippen molar-refractivity contribution in [2.75, 3.05) is 35.2 Å². The maximum absolute atomic E-state index is 12.9. The van der Waals surface area contributed by atoms with Crippen LogP contribution in [-0.2, 0) is 14.4 Å². The molecule has 1 atom stereocenters. The summed E-state index contributed by atoms with van der Waals surface area (Å²) in [5, 5.41) is 8.27. The lowest BCUT2D eigenvalue weighted by atomic mass is 10.0. The number of nitrogens with one attached hydrogen (secondary N) is 3. The number of carbonyl (C=O) groups excluding carboxylic acids is 4. The number of aryl methyl sites for hydroxylation is 2. The number of para-hydroxylation sites is 2. The van der Waals surface area contributed by atoms with Crippen molar-refractivity contribution >= 4 is 40.8 Å². The number of fused-ring (bicyclic) bond motifs is 1. The molecule has 9 nitrogen and oxygen atoms in total. The molecule has 0 spiro atoms. The highest BCUT2D eigenvalue weighted by Gasteiger charge is 2.37. The standard InChI is InChI=1S/C23H25N5O4/c1-14-7-8-16(15(2)11-14)25-20(29)12-19-22(31)26-17-5-3-4-6-18(17)28(19)13-21(30)27-10-9-24-23(27)32/h3-8,11,19H,9-10,12-13H2,1-2H3,(H,24,32)(H,25,29)(H,26,31). The predicted molar refractivity (Wildman–Crippen MR) is 120 cm³/mol. The number of amides is 5. The summed E-state index contributed by atoms with van der Waals surface area (Å²) in [5.41, 5.74) is 3.86. The molecular weight excluding hydrogens is 410 g/mol. The average Bonchev–Trinajstić information content (AvgIpc) is 3.18. The molecule has 1 unspecified atom stereocenters. The molecule has 2 heterocycles. The molecule has 2 aromatic carbocycles. The predicted octanol–water partition coefficient (Wildman–Crippen LogP) is 2.01. The lowest BCUT2D eigenvalue weighted by Gasteiger charge is -2.37. The van der Waals surface area contributed by atoms with E-state index in [0.29, 0.717) is 23.6 Å². The van der Waals surface area contributed by atoms with Crippen LogP contribution in [0.15, 0.2) is 42.5 Å². The topological polar surface area (TPSA) is 111 Å². The third kappa shape index (κ3) is 4.27. The quantitative estimate of drug-likeness (QED) is 0.665. The molecule has 0 bridgehead atoms. The van der Waals surface area contributed by atoms with Crippen LogP contribution < -0.4 is 20.9 Å². The van der Waals surface area contributed by atoms with Gasteiger partial charge in [-0.2, -0.15) is 0 Å². The summed E-state index contributed by atoms with van der Waals surface area (Å²) in [5.74, 6) is -1.14. The number of rotatable bonds is 5. The van der Waals surface area contributed by atoms with Gasteiger partial charge in [-0.15, -0.1) is 0 Å². The molecular formula is C23H25N5O4. The maximum Gasteiger partial charge on any atom is 0.324 e. The first kappa shape index (κ1) is 21.4. The molecule has 0 aliphatic carbocycles. The lowest BCUT2D eigenvalue weighted by molar-refractivity contribution is -0.127. The smallest absolute Gasteiger partial charge is 0.324 e. The van der Waals surface area contributed by atoms with Crippen LogP contribution in [0.2, 0.25) is 0 Å². The van der Waals surface area contributed by atoms with Gasteiger partial charge in [0.05, 0.1) is 24.3 Å². The SMILES string of the molecule is Cc1ccc(NC(=O)CC2C(=O)Nc3ccccc3N2CC(=O)N2CCNC2=O)c(C)c1. The Hall–Kier alpha value is -3.88. The number of nitrogens with zero attached hydrogens (tertiary/aromatic N) is 2. The molecule has 2 aliphatic heterocycles. The number of hydrogen-bond acceptors (Lipinski definition) is 5. The van der Waals surface area contributed by atoms with Crippen molar-refractivity contribution in [3.8, 4) is 0 Å². The van der Waals surface area contributed by atoms with E-state index in [9.17, 15) is 19.2 Å². The van der Waals surface area contributed by atoms with E-state index < -0.39 is 18.0 Å². The fraction of sp³-hybridized carbons (Fsp3) is 0.304. The van der Waals surface area contributed by atoms with Gasteiger partial charge in [-0.3, -0.25) is 19.3 Å². The highest BCUT2D eigenvalue weighted by atomic mass is 16.2. The second-order valence-corrected chi connectivity index (χ2v) is 8.00. The van der Waals surface area contributed by atoms with E-state index in [1.807, 2.05) is 32.0 Å². The summed E-state index contributed by atoms with van der Waals surface area (Å²) in [4.78, 5) is 53.2. The van der Waals surface area contributed by atoms with Gasteiger partial charge >= 0.3 is 6.03 Å². The average molecular weight is 435 g/mol. The molecule has 1 saturated heterocycles. The van der Waals surface area contributed by atoms with Crippen molar-refractivity contribution in [3.63, 3.8) is 0 Å². The summed E-state index contributed by atoms with van der Waals surface area (Å²) in [7, 11) is 0. The second kappa shape index (κ2) is 8.70. The minimum atomic E-state index is -0.898. The van der Waals surface area contributed by atoms with Gasteiger partial charge in [-0.05, 0) is 37.6 Å². The summed E-state index contributed by atoms with van der Waals surface area (Å²) in [6, 6.07) is 11.4. The van der Waals surface area contributed by atoms with Crippen LogP contribution in [0.1, 0.15) is 17.5 Å². The van der Waals surface area contributed by atoms with E-state index in [1.54, 1.807) is 29.2 Å². The summed E-state index contributed by atoms with van der Waals surface area (Å²) in [6.45, 7) is 4.34. The molecule has 0 aromatic heterocycles. The van der Waals surface area contributed by atoms with Crippen molar-refractivity contribution in [2.45, 2.75) is 26.3 Å². The second-order valence-electron chi connectivity index (χ2n) is 8.00. The van der Waals surface area contributed by atoms with Crippen molar-refractivity contribution in [1.29, 1.82) is 0 Å². The normalized spacial score (nSPS) is 17.5. The molecule has 5 amide bonds. The van der Waals surface area contributed by atoms with Gasteiger partial charge in [0.1, 0.15) is 6.04 Å². The number of urea groups is 1. The first-order chi connectivity index (χ1) is 15.3. The maximum atomic E-state index is 12.9. The number of carbonyl (C=O) groups is 4. The number of hydrogen-bond donors (Lipinski definition) is 3. The zero-order valence-corrected chi connectivity index (χ0v) is 18.0. The monoisotopic (exact) mass is 435 g/mol. The molecule has 0 saturated carbocycles. The van der Waals surface area contributed by atoms with Gasteiger partial charge in [0.15, 0.2) is 0 Å². The van der Waals surface area contributed by atoms with Crippen LogP contribution in [0.3, 0.4) is 0 Å². The Labute approximate surface area is 185 Å². The first-order valence-corrected chi connectivity index (χ1v) is 10.5. The first-order valence-electron chi connectivity index (χ1n) is 10.5. The van der Waals surface area contributed by atoms with E-state index in [4.69, 9.17) is 0 Å². The number of imide groups is 1. The molecule has 9 heteroatoms. The van der Waals surface area contributed by atoms with Gasteiger partial charge < -0.3 is 20.9 Å². The van der Waals surface area contributed by atoms with Crippen molar-refractivity contribution in [2.24, 2.45) is 0 Å². The van der Waals surface area contributed by atoms with Gasteiger partial charge in [-0.25, -0.2) is 4.79 Å². The molecule has 2 aliphatic rings. The van der Waals surface area contributed by atoms with Crippen LogP contribution in [0, 0.1) is 13.8 Å². The fourth-order valence-corrected chi connectivity index (χ4v) is 4.02. The lowest BCUT2D eigenvalue weighted by Crippen LogP contribution is -2.53. The molecule has 32 heavy (non-hydrogen) atoms. The summed E-state index contributed by atoms with van der Waals surface area (Å²) >= 11 is 0. The van der Waals surface area contributed by atoms with Gasteiger partial charge in [-0.1, -0.05) is 29.8 Å². The third-order valence-electron chi connectivity index (χ3n) is 5.65. The van der Waals surface area contributed by atoms with Crippen LogP contribution in [0.25, 0.3) is 0 Å². The zero-order chi connectivity index (χ0) is 22.8. The molecule has 0 radical (unpaired) electrons. The highest BCUT2D eigenvalue weighted by Crippen LogP contribution is 2.33. The molecule has 1 fully saturated rings. The van der Waals surface area contributed by atoms with E-state index in [2.05, 4.69) is 16.0 Å². The number of anilines is 3. The minimum Gasteiger partial charge on any atom is -0.348 e. The number of benzene rings is 2. The van der Waals surface area contributed by atoms with Crippen molar-refractivity contribution < 1.29 is 19.2 Å². The van der Waals surface area contributed by atoms with Gasteiger partial charge in [0, 0.05) is 18.8 Å². The summed E-state index contributed by atoms with van der Waals surface area (Å²) in [6.07, 6.45) is -0.146. The minimum absolute atomic E-state index is 0.146. The Kier molecular flexibility index (Phi) is 5.81. The summed E-state index contributed by atoms with van der Waals surface area (Å²) < 4.78 is 0. The Morgan fingerprint density at radius 2 is 1.91 bits per heavy atom. The van der Waals surface area contributed by atoms with E-state index in [0.717, 1.165) is 16.0 Å². The fourth-order valence-electron chi connectivity index (χ4n) is 4.02. The van der Waals surface area contributed by atoms with Gasteiger partial charge in [0.2, 0.25) is 17.7 Å². The highest BCUT2D eigenvalue weighted by molar-refractivity contribution is 6.08. The molecule has 166 valence electrons. The molecule has 4 rings (SSSR count). The van der Waals surface area contributed by atoms with Crippen molar-refractivity contribution in [3.05, 3.63) is 53.6 Å². The Morgan fingerprint density at radius 1 is 1.12 bits per heavy atom. The van der Waals surface area contributed by atoms with E-state index in [1.165, 1.54) is 0 Å². The van der Waals surface area contributed by atoms with E-state index >= 15 is 0 Å². The van der Waals surface area contributed by atoms with Crippen molar-refractivity contribution in [1.82, 2.24) is 10.2 Å². The Bertz CT molecular complexity index is 1100. The van der Waals surface area contributed by atoms with Crippen LogP contribution >= 0.6 is 0 Å². The zero-order valence-electron chi connectivity index (χ0n) is 18.0.